The molecule has 0 fully saturated rings. The van der Waals surface area contributed by atoms with Gasteiger partial charge in [0.1, 0.15) is 0 Å². The zero-order valence-corrected chi connectivity index (χ0v) is 6.98. The third-order valence-corrected chi connectivity index (χ3v) is 0.775. The first-order chi connectivity index (χ1) is 5.39. The molecule has 0 atom stereocenters. The van der Waals surface area contributed by atoms with E-state index in [4.69, 9.17) is 23.1 Å². The van der Waals surface area contributed by atoms with Crippen molar-refractivity contribution in [3.05, 3.63) is 30.2 Å². The summed E-state index contributed by atoms with van der Waals surface area (Å²) in [6.07, 6.45) is 1.66. The Bertz CT molecular complexity index is 201. The van der Waals surface area contributed by atoms with E-state index in [1.807, 2.05) is 25.1 Å². The van der Waals surface area contributed by atoms with Crippen molar-refractivity contribution in [3.8, 4) is 0 Å². The van der Waals surface area contributed by atoms with E-state index >= 15 is 0 Å². The van der Waals surface area contributed by atoms with Crippen LogP contribution >= 0.6 is 0 Å². The van der Waals surface area contributed by atoms with Gasteiger partial charge in [0.15, 0.2) is 0 Å². The molecule has 1 rings (SSSR count). The van der Waals surface area contributed by atoms with E-state index in [9.17, 15) is 0 Å². The van der Waals surface area contributed by atoms with Gasteiger partial charge in [0, 0.05) is 12.1 Å². The first-order valence-corrected chi connectivity index (χ1v) is 4.08. The summed E-state index contributed by atoms with van der Waals surface area (Å²) in [5, 5.41) is 0. The summed E-state index contributed by atoms with van der Waals surface area (Å²) in [5.74, 6) is 0.947. The molecule has 5 nitrogen and oxygen atoms in total. The summed E-state index contributed by atoms with van der Waals surface area (Å²) in [7, 11) is -4.94. The van der Waals surface area contributed by atoms with E-state index in [1.165, 1.54) is 0 Å². The lowest BCUT2D eigenvalue weighted by molar-refractivity contribution is -2.00. The quantitative estimate of drug-likeness (QED) is 0.413. The van der Waals surface area contributed by atoms with Crippen LogP contribution in [0.5, 0.6) is 0 Å². The van der Waals surface area contributed by atoms with Gasteiger partial charge in [-0.3, -0.25) is 0 Å². The summed E-state index contributed by atoms with van der Waals surface area (Å²) < 4.78 is 38.9. The molecule has 12 heavy (non-hydrogen) atoms. The molecular weight excluding hydrogens is 188 g/mol. The van der Waals surface area contributed by atoms with E-state index < -0.39 is 10.2 Å². The van der Waals surface area contributed by atoms with Gasteiger partial charge in [0.25, 0.3) is 0 Å². The average molecular weight is 195 g/mol. The second-order valence-corrected chi connectivity index (χ2v) is 2.55. The molecular formula is C6H7ClO5. The van der Waals surface area contributed by atoms with Crippen LogP contribution in [-0.4, -0.2) is 0 Å². The van der Waals surface area contributed by atoms with Crippen LogP contribution in [0, 0.1) is 17.2 Å². The van der Waals surface area contributed by atoms with Crippen LogP contribution in [-0.2, 0) is 0 Å². The summed E-state index contributed by atoms with van der Waals surface area (Å²) in [6, 6.07) is 5.71. The van der Waals surface area contributed by atoms with Gasteiger partial charge >= 0.3 is 12.0 Å². The Kier molecular flexibility index (Phi) is 4.72. The molecule has 1 heterocycles. The molecule has 1 aromatic heterocycles. The van der Waals surface area contributed by atoms with Gasteiger partial charge < -0.3 is 0 Å². The fourth-order valence-electron chi connectivity index (χ4n) is 0.422. The molecule has 68 valence electrons. The molecule has 0 spiro atoms. The molecule has 0 amide bonds. The molecule has 0 saturated carbocycles. The molecule has 0 saturated heterocycles. The normalized spacial score (nSPS) is 10.1. The van der Waals surface area contributed by atoms with Gasteiger partial charge in [-0.15, -0.1) is 10.2 Å². The number of hydrogen-bond donors (Lipinski definition) is 0. The lowest BCUT2D eigenvalue weighted by Gasteiger charge is -2.17. The van der Waals surface area contributed by atoms with Gasteiger partial charge in [-0.05, 0) is 6.07 Å². The van der Waals surface area contributed by atoms with Crippen molar-refractivity contribution >= 4 is 0 Å². The monoisotopic (exact) mass is 194 g/mol. The van der Waals surface area contributed by atoms with Crippen LogP contribution in [0.2, 0.25) is 0 Å². The Hall–Kier alpha value is -0.720. The van der Waals surface area contributed by atoms with E-state index in [-0.39, 0.29) is 0 Å². The molecule has 0 aromatic carbocycles. The average Bonchev–Trinajstić information content (AvgIpc) is 1.85. The SMILES string of the molecule is Cc1cccc[o+]1.[O-][Cl+3]([O-])([O-])[O-]. The highest BCUT2D eigenvalue weighted by Gasteiger charge is 1.89. The third kappa shape index (κ3) is 12.0. The minimum atomic E-state index is -4.94. The second kappa shape index (κ2) is 5.02. The minimum absolute atomic E-state index is 0.947. The Balaban J connectivity index is 0.000000217. The van der Waals surface area contributed by atoms with Crippen LogP contribution in [0.4, 0.5) is 0 Å². The predicted molar refractivity (Wildman–Crippen MR) is 27.9 cm³/mol. The summed E-state index contributed by atoms with van der Waals surface area (Å²) in [6.45, 7) is 1.92. The standard InChI is InChI=1S/C6H7O.ClHO4/c1-6-4-2-3-5-7-6;2-1(3,4)5/h2-5H,1H3;(H,2,3,4,5)/q+1;/p-1. The smallest absolute Gasteiger partial charge is 0.222 e. The number of aryl methyl sites for hydroxylation is 1. The number of hydrogen-bond acceptors (Lipinski definition) is 4. The molecule has 0 N–H and O–H groups in total. The van der Waals surface area contributed by atoms with Crippen LogP contribution in [0.1, 0.15) is 5.76 Å². The van der Waals surface area contributed by atoms with Gasteiger partial charge in [0.05, 0.1) is 6.92 Å². The number of halogens is 1. The maximum atomic E-state index is 8.49. The Morgan fingerprint density at radius 1 is 1.17 bits per heavy atom. The molecule has 0 radical (unpaired) electrons. The second-order valence-electron chi connectivity index (χ2n) is 1.79. The van der Waals surface area contributed by atoms with Crippen molar-refractivity contribution in [1.29, 1.82) is 0 Å². The predicted octanol–water partition coefficient (Wildman–Crippen LogP) is -2.89. The van der Waals surface area contributed by atoms with Crippen molar-refractivity contribution in [2.45, 2.75) is 6.92 Å². The van der Waals surface area contributed by atoms with Gasteiger partial charge in [-0.25, -0.2) is 23.1 Å². The highest BCUT2D eigenvalue weighted by atomic mass is 35.7. The van der Waals surface area contributed by atoms with Crippen molar-refractivity contribution < 1.29 is 33.3 Å². The first kappa shape index (κ1) is 11.3. The summed E-state index contributed by atoms with van der Waals surface area (Å²) in [5.41, 5.74) is 0. The number of rotatable bonds is 0. The van der Waals surface area contributed by atoms with Crippen molar-refractivity contribution in [1.82, 2.24) is 0 Å². The molecule has 0 aliphatic heterocycles. The van der Waals surface area contributed by atoms with Crippen molar-refractivity contribution in [2.75, 3.05) is 0 Å². The highest BCUT2D eigenvalue weighted by Crippen LogP contribution is 1.92. The van der Waals surface area contributed by atoms with E-state index in [0.29, 0.717) is 0 Å². The summed E-state index contributed by atoms with van der Waals surface area (Å²) >= 11 is 0. The highest BCUT2D eigenvalue weighted by molar-refractivity contribution is 4.95. The molecule has 0 unspecified atom stereocenters. The van der Waals surface area contributed by atoms with Crippen LogP contribution < -0.4 is 18.6 Å². The largest absolute Gasteiger partial charge is 0.325 e. The van der Waals surface area contributed by atoms with E-state index in [2.05, 4.69) is 0 Å². The van der Waals surface area contributed by atoms with Crippen LogP contribution in [0.25, 0.3) is 0 Å². The zero-order chi connectivity index (χ0) is 9.61. The maximum absolute atomic E-state index is 8.49. The van der Waals surface area contributed by atoms with Crippen LogP contribution in [0.15, 0.2) is 28.9 Å². The molecule has 0 aliphatic rings. The van der Waals surface area contributed by atoms with Crippen molar-refractivity contribution in [3.63, 3.8) is 0 Å². The lowest BCUT2D eigenvalue weighted by Crippen LogP contribution is -2.68. The summed E-state index contributed by atoms with van der Waals surface area (Å²) in [4.78, 5) is 0. The topological polar surface area (TPSA) is 104 Å². The minimum Gasteiger partial charge on any atom is -0.222 e. The Labute approximate surface area is 71.2 Å². The van der Waals surface area contributed by atoms with E-state index in [1.54, 1.807) is 6.26 Å². The van der Waals surface area contributed by atoms with E-state index in [0.717, 1.165) is 5.76 Å². The molecule has 1 aromatic rings. The first-order valence-electron chi connectivity index (χ1n) is 2.85. The maximum Gasteiger partial charge on any atom is 0.325 e. The Morgan fingerprint density at radius 3 is 1.83 bits per heavy atom. The molecule has 0 bridgehead atoms. The van der Waals surface area contributed by atoms with Gasteiger partial charge in [0.2, 0.25) is 0 Å². The van der Waals surface area contributed by atoms with Crippen LogP contribution in [0.3, 0.4) is 0 Å². The fraction of sp³-hybridized carbons (Fsp3) is 0.167. The van der Waals surface area contributed by atoms with Gasteiger partial charge in [-0.1, -0.05) is 0 Å². The lowest BCUT2D eigenvalue weighted by atomic mass is 10.4. The third-order valence-electron chi connectivity index (χ3n) is 0.775. The molecule has 6 heteroatoms. The fourth-order valence-corrected chi connectivity index (χ4v) is 0.422. The van der Waals surface area contributed by atoms with Crippen molar-refractivity contribution in [2.24, 2.45) is 0 Å². The Morgan fingerprint density at radius 2 is 1.67 bits per heavy atom. The zero-order valence-electron chi connectivity index (χ0n) is 6.23. The van der Waals surface area contributed by atoms with Gasteiger partial charge in [-0.2, -0.15) is 0 Å². The molecule has 0 aliphatic carbocycles.